The van der Waals surface area contributed by atoms with E-state index in [-0.39, 0.29) is 23.4 Å². The van der Waals surface area contributed by atoms with Crippen molar-refractivity contribution in [3.8, 4) is 0 Å². The fraction of sp³-hybridized carbons (Fsp3) is 0.906. The Labute approximate surface area is 215 Å². The topological polar surface area (TPSA) is 46.5 Å². The van der Waals surface area contributed by atoms with Crippen molar-refractivity contribution in [1.29, 1.82) is 0 Å². The number of carbonyl (C=O) groups is 1. The Morgan fingerprint density at radius 3 is 2.43 bits per heavy atom. The van der Waals surface area contributed by atoms with E-state index in [1.165, 1.54) is 50.5 Å². The largest absolute Gasteiger partial charge is 0.460 e. The van der Waals surface area contributed by atoms with E-state index in [0.717, 1.165) is 37.0 Å². The minimum atomic E-state index is -0.473. The summed E-state index contributed by atoms with van der Waals surface area (Å²) in [7, 11) is 0. The highest BCUT2D eigenvalue weighted by molar-refractivity contribution is 5.76. The van der Waals surface area contributed by atoms with E-state index in [4.69, 9.17) is 4.74 Å². The van der Waals surface area contributed by atoms with Gasteiger partial charge in [0.2, 0.25) is 0 Å². The molecule has 0 aliphatic heterocycles. The predicted octanol–water partition coefficient (Wildman–Crippen LogP) is 7.96. The molecular formula is C32H54O3. The van der Waals surface area contributed by atoms with Gasteiger partial charge in [-0.05, 0) is 112 Å². The van der Waals surface area contributed by atoms with Gasteiger partial charge in [0, 0.05) is 0 Å². The van der Waals surface area contributed by atoms with Crippen molar-refractivity contribution in [2.45, 2.75) is 131 Å². The van der Waals surface area contributed by atoms with Crippen LogP contribution in [0.4, 0.5) is 0 Å². The summed E-state index contributed by atoms with van der Waals surface area (Å²) in [6.45, 7) is 18.2. The number of hydrogen-bond acceptors (Lipinski definition) is 3. The number of carbonyl (C=O) groups excluding carboxylic acids is 1. The number of aliphatic hydroxyl groups is 1. The summed E-state index contributed by atoms with van der Waals surface area (Å²) in [4.78, 5) is 13.7. The predicted molar refractivity (Wildman–Crippen MR) is 144 cm³/mol. The fourth-order valence-corrected chi connectivity index (χ4v) is 9.28. The van der Waals surface area contributed by atoms with Crippen molar-refractivity contribution < 1.29 is 14.6 Å². The van der Waals surface area contributed by atoms with Crippen LogP contribution in [0.2, 0.25) is 0 Å². The lowest BCUT2D eigenvalue weighted by Crippen LogP contribution is -2.55. The van der Waals surface area contributed by atoms with Crippen LogP contribution >= 0.6 is 0 Å². The number of aliphatic hydroxyl groups excluding tert-OH is 1. The molecular weight excluding hydrogens is 432 g/mol. The molecule has 3 heteroatoms. The summed E-state index contributed by atoms with van der Waals surface area (Å²) in [6.07, 6.45) is 13.8. The number of fused-ring (bicyclic) bond motifs is 5. The lowest BCUT2D eigenvalue weighted by molar-refractivity contribution is -0.167. The van der Waals surface area contributed by atoms with Crippen LogP contribution in [0.3, 0.4) is 0 Å². The lowest BCUT2D eigenvalue weighted by Gasteiger charge is -2.60. The van der Waals surface area contributed by atoms with Crippen molar-refractivity contribution in [2.75, 3.05) is 0 Å². The zero-order valence-electron chi connectivity index (χ0n) is 24.0. The molecule has 200 valence electrons. The molecule has 35 heavy (non-hydrogen) atoms. The van der Waals surface area contributed by atoms with Crippen LogP contribution in [0.25, 0.3) is 0 Å². The fourth-order valence-electron chi connectivity index (χ4n) is 9.28. The molecule has 0 heterocycles. The van der Waals surface area contributed by atoms with Crippen molar-refractivity contribution >= 4 is 5.97 Å². The van der Waals surface area contributed by atoms with Crippen molar-refractivity contribution in [2.24, 2.45) is 52.3 Å². The average Bonchev–Trinajstić information content (AvgIpc) is 3.09. The van der Waals surface area contributed by atoms with E-state index in [0.29, 0.717) is 23.2 Å². The highest BCUT2D eigenvalue weighted by Crippen LogP contribution is 2.68. The summed E-state index contributed by atoms with van der Waals surface area (Å²) >= 11 is 0. The first-order valence-corrected chi connectivity index (χ1v) is 14.9. The molecule has 4 aliphatic carbocycles. The van der Waals surface area contributed by atoms with Gasteiger partial charge in [-0.25, -0.2) is 0 Å². The third kappa shape index (κ3) is 5.14. The zero-order chi connectivity index (χ0) is 25.8. The molecule has 0 spiro atoms. The second-order valence-corrected chi connectivity index (χ2v) is 14.9. The van der Waals surface area contributed by atoms with Gasteiger partial charge in [0.05, 0.1) is 12.0 Å². The first-order chi connectivity index (χ1) is 16.3. The molecule has 3 nitrogen and oxygen atoms in total. The van der Waals surface area contributed by atoms with E-state index in [1.807, 2.05) is 20.8 Å². The molecule has 0 radical (unpaired) electrons. The van der Waals surface area contributed by atoms with Gasteiger partial charge >= 0.3 is 5.97 Å². The molecule has 0 saturated heterocycles. The van der Waals surface area contributed by atoms with Gasteiger partial charge in [0.15, 0.2) is 0 Å². The van der Waals surface area contributed by atoms with Crippen LogP contribution in [0.1, 0.15) is 120 Å². The van der Waals surface area contributed by atoms with Crippen molar-refractivity contribution in [3.63, 3.8) is 0 Å². The highest BCUT2D eigenvalue weighted by atomic mass is 16.6. The maximum absolute atomic E-state index is 13.7. The van der Waals surface area contributed by atoms with E-state index in [2.05, 4.69) is 40.7 Å². The summed E-state index contributed by atoms with van der Waals surface area (Å²) in [6, 6.07) is 0. The normalized spacial score (nSPS) is 42.1. The molecule has 9 atom stereocenters. The maximum Gasteiger partial charge on any atom is 0.313 e. The van der Waals surface area contributed by atoms with Gasteiger partial charge in [-0.2, -0.15) is 0 Å². The summed E-state index contributed by atoms with van der Waals surface area (Å²) in [5, 5.41) is 10.5. The minimum absolute atomic E-state index is 0.0280. The Bertz CT molecular complexity index is 806. The Morgan fingerprint density at radius 2 is 1.77 bits per heavy atom. The Balaban J connectivity index is 1.65. The highest BCUT2D eigenvalue weighted by Gasteiger charge is 2.62. The standard InChI is InChI=1S/C32H54O3/c1-20(2)10-9-11-21(3)25-12-13-26-28-24(29(34)35-30(4,5)6)19-22-18-23(33)14-16-31(22,7)27(28)15-17-32(25,26)8/h19-21,23-28,33H,9-18H2,1-8H3/t21-,23?,24+,25-,26+,27+,28+,31+,32-/m1/s1. The third-order valence-corrected chi connectivity index (χ3v) is 11.0. The third-order valence-electron chi connectivity index (χ3n) is 11.0. The van der Waals surface area contributed by atoms with Gasteiger partial charge in [-0.15, -0.1) is 0 Å². The first kappa shape index (κ1) is 27.2. The monoisotopic (exact) mass is 486 g/mol. The SMILES string of the molecule is CC(C)CCC[C@@H](C)[C@H]1CC[C@H]2[C@@H]3[C@@H](C(=O)OC(C)(C)C)C=C4CC(O)CC[C@]4(C)[C@H]3CC[C@]12C. The number of esters is 1. The maximum atomic E-state index is 13.7. The second kappa shape index (κ2) is 9.80. The van der Waals surface area contributed by atoms with Gasteiger partial charge in [-0.1, -0.05) is 65.5 Å². The quantitative estimate of drug-likeness (QED) is 0.306. The van der Waals surface area contributed by atoms with Gasteiger partial charge in [0.1, 0.15) is 5.60 Å². The summed E-state index contributed by atoms with van der Waals surface area (Å²) < 4.78 is 6.05. The first-order valence-electron chi connectivity index (χ1n) is 14.9. The Kier molecular flexibility index (Phi) is 7.62. The molecule has 0 aromatic rings. The smallest absolute Gasteiger partial charge is 0.313 e. The van der Waals surface area contributed by atoms with Crippen molar-refractivity contribution in [1.82, 2.24) is 0 Å². The van der Waals surface area contributed by atoms with Crippen LogP contribution in [-0.2, 0) is 9.53 Å². The molecule has 1 unspecified atom stereocenters. The number of hydrogen-bond donors (Lipinski definition) is 1. The molecule has 3 fully saturated rings. The molecule has 0 aromatic carbocycles. The lowest BCUT2D eigenvalue weighted by atomic mass is 9.45. The van der Waals surface area contributed by atoms with Gasteiger partial charge in [0.25, 0.3) is 0 Å². The number of rotatable bonds is 6. The Morgan fingerprint density at radius 1 is 1.06 bits per heavy atom. The molecule has 0 amide bonds. The molecule has 3 saturated carbocycles. The van der Waals surface area contributed by atoms with Gasteiger partial charge < -0.3 is 9.84 Å². The molecule has 1 N–H and O–H groups in total. The zero-order valence-corrected chi connectivity index (χ0v) is 24.0. The number of ether oxygens (including phenoxy) is 1. The van der Waals surface area contributed by atoms with Crippen LogP contribution in [0.15, 0.2) is 11.6 Å². The van der Waals surface area contributed by atoms with E-state index in [1.54, 1.807) is 0 Å². The van der Waals surface area contributed by atoms with Crippen LogP contribution in [-0.4, -0.2) is 22.8 Å². The van der Waals surface area contributed by atoms with Gasteiger partial charge in [-0.3, -0.25) is 4.79 Å². The van der Waals surface area contributed by atoms with Crippen molar-refractivity contribution in [3.05, 3.63) is 11.6 Å². The van der Waals surface area contributed by atoms with Crippen LogP contribution < -0.4 is 0 Å². The molecule has 0 bridgehead atoms. The van der Waals surface area contributed by atoms with E-state index in [9.17, 15) is 9.90 Å². The average molecular weight is 487 g/mol. The molecule has 4 rings (SSSR count). The Hall–Kier alpha value is -0.830. The molecule has 4 aliphatic rings. The van der Waals surface area contributed by atoms with Crippen LogP contribution in [0.5, 0.6) is 0 Å². The van der Waals surface area contributed by atoms with E-state index >= 15 is 0 Å². The summed E-state index contributed by atoms with van der Waals surface area (Å²) in [5.41, 5.74) is 1.33. The van der Waals surface area contributed by atoms with E-state index < -0.39 is 5.60 Å². The van der Waals surface area contributed by atoms with Crippen LogP contribution in [0, 0.1) is 52.3 Å². The summed E-state index contributed by atoms with van der Waals surface area (Å²) in [5.74, 6) is 3.63. The minimum Gasteiger partial charge on any atom is -0.460 e. The second-order valence-electron chi connectivity index (χ2n) is 14.9. The molecule has 0 aromatic heterocycles.